The number of piperidine rings is 1. The van der Waals surface area contributed by atoms with E-state index in [4.69, 9.17) is 0 Å². The first-order valence-electron chi connectivity index (χ1n) is 5.53. The summed E-state index contributed by atoms with van der Waals surface area (Å²) in [5, 5.41) is 0. The Balaban J connectivity index is 2.25. The van der Waals surface area contributed by atoms with Crippen LogP contribution in [-0.4, -0.2) is 24.4 Å². The summed E-state index contributed by atoms with van der Waals surface area (Å²) in [6.07, 6.45) is 5.50. The van der Waals surface area contributed by atoms with Crippen LogP contribution in [0.15, 0.2) is 0 Å². The van der Waals surface area contributed by atoms with Gasteiger partial charge in [0.25, 0.3) is 0 Å². The van der Waals surface area contributed by atoms with Gasteiger partial charge in [0.2, 0.25) is 0 Å². The van der Waals surface area contributed by atoms with Gasteiger partial charge in [-0.05, 0) is 24.7 Å². The molecule has 1 aliphatic heterocycles. The summed E-state index contributed by atoms with van der Waals surface area (Å²) in [5.41, 5.74) is 0.503. The molecule has 0 aromatic heterocycles. The molecular formula is C12H24N+. The minimum absolute atomic E-state index is 0.503. The molecule has 0 saturated carbocycles. The summed E-state index contributed by atoms with van der Waals surface area (Å²) in [7, 11) is 0. The Morgan fingerprint density at radius 1 is 1.38 bits per heavy atom. The second kappa shape index (κ2) is 4.26. The molecule has 1 heterocycles. The first kappa shape index (κ1) is 10.7. The second-order valence-corrected chi connectivity index (χ2v) is 5.68. The Labute approximate surface area is 82.9 Å². The zero-order valence-electron chi connectivity index (χ0n) is 9.47. The van der Waals surface area contributed by atoms with Gasteiger partial charge in [0.1, 0.15) is 19.8 Å². The highest BCUT2D eigenvalue weighted by Crippen LogP contribution is 2.26. The van der Waals surface area contributed by atoms with Crippen molar-refractivity contribution in [1.29, 1.82) is 0 Å². The van der Waals surface area contributed by atoms with E-state index in [1.165, 1.54) is 38.8 Å². The zero-order chi connectivity index (χ0) is 9.90. The summed E-state index contributed by atoms with van der Waals surface area (Å²) >= 11 is 0. The van der Waals surface area contributed by atoms with Crippen LogP contribution in [0.25, 0.3) is 0 Å². The van der Waals surface area contributed by atoms with E-state index in [0.29, 0.717) is 5.41 Å². The molecule has 1 saturated heterocycles. The molecule has 1 nitrogen and oxygen atoms in total. The molecular weight excluding hydrogens is 158 g/mol. The fraction of sp³-hybridized carbons (Fsp3) is 0.917. The molecule has 0 spiro atoms. The highest BCUT2D eigenvalue weighted by Gasteiger charge is 2.22. The van der Waals surface area contributed by atoms with Gasteiger partial charge in [-0.25, -0.2) is 4.58 Å². The lowest BCUT2D eigenvalue weighted by Crippen LogP contribution is -2.27. The zero-order valence-corrected chi connectivity index (χ0v) is 9.47. The molecule has 1 atom stereocenters. The molecule has 0 amide bonds. The van der Waals surface area contributed by atoms with Crippen LogP contribution in [-0.2, 0) is 0 Å². The highest BCUT2D eigenvalue weighted by atomic mass is 15.0. The number of rotatable bonds is 2. The summed E-state index contributed by atoms with van der Waals surface area (Å²) < 4.78 is 2.23. The van der Waals surface area contributed by atoms with E-state index in [1.807, 2.05) is 0 Å². The van der Waals surface area contributed by atoms with Crippen LogP contribution in [0.5, 0.6) is 0 Å². The van der Waals surface area contributed by atoms with Gasteiger partial charge in [-0.1, -0.05) is 20.8 Å². The number of hydrogen-bond acceptors (Lipinski definition) is 0. The van der Waals surface area contributed by atoms with Crippen molar-refractivity contribution < 1.29 is 4.58 Å². The molecule has 1 rings (SSSR count). The third kappa shape index (κ3) is 4.44. The molecule has 0 aromatic carbocycles. The maximum absolute atomic E-state index is 4.03. The van der Waals surface area contributed by atoms with Crippen molar-refractivity contribution >= 4 is 6.72 Å². The number of hydrogen-bond donors (Lipinski definition) is 0. The predicted molar refractivity (Wildman–Crippen MR) is 58.5 cm³/mol. The van der Waals surface area contributed by atoms with Gasteiger partial charge in [-0.3, -0.25) is 0 Å². The minimum Gasteiger partial charge on any atom is -0.242 e. The maximum atomic E-state index is 4.03. The van der Waals surface area contributed by atoms with Gasteiger partial charge in [0, 0.05) is 12.3 Å². The molecule has 1 aliphatic rings. The molecule has 0 radical (unpaired) electrons. The van der Waals surface area contributed by atoms with E-state index in [-0.39, 0.29) is 0 Å². The van der Waals surface area contributed by atoms with Crippen LogP contribution in [0.1, 0.15) is 46.5 Å². The average molecular weight is 182 g/mol. The Bertz CT molecular complexity index is 176. The highest BCUT2D eigenvalue weighted by molar-refractivity contribution is 5.14. The summed E-state index contributed by atoms with van der Waals surface area (Å²) in [4.78, 5) is 0. The first-order chi connectivity index (χ1) is 5.97. The van der Waals surface area contributed by atoms with Crippen molar-refractivity contribution in [2.45, 2.75) is 46.5 Å². The monoisotopic (exact) mass is 182 g/mol. The molecule has 1 fully saturated rings. The van der Waals surface area contributed by atoms with Gasteiger partial charge < -0.3 is 0 Å². The van der Waals surface area contributed by atoms with E-state index in [9.17, 15) is 0 Å². The SMILES string of the molecule is C=[N+]1CCCC(CCC(C)(C)C)C1. The van der Waals surface area contributed by atoms with Crippen molar-refractivity contribution in [1.82, 2.24) is 0 Å². The molecule has 0 aromatic rings. The molecule has 0 bridgehead atoms. The minimum atomic E-state index is 0.503. The quantitative estimate of drug-likeness (QED) is 0.578. The Morgan fingerprint density at radius 3 is 2.62 bits per heavy atom. The van der Waals surface area contributed by atoms with Crippen LogP contribution in [0, 0.1) is 11.3 Å². The first-order valence-corrected chi connectivity index (χ1v) is 5.53. The normalized spacial score (nSPS) is 24.8. The Hall–Kier alpha value is -0.330. The topological polar surface area (TPSA) is 3.01 Å². The molecule has 76 valence electrons. The van der Waals surface area contributed by atoms with Gasteiger partial charge in [-0.15, -0.1) is 0 Å². The molecule has 1 heteroatoms. The summed E-state index contributed by atoms with van der Waals surface area (Å²) in [6, 6.07) is 0. The predicted octanol–water partition coefficient (Wildman–Crippen LogP) is 2.94. The third-order valence-corrected chi connectivity index (χ3v) is 2.91. The van der Waals surface area contributed by atoms with Gasteiger partial charge in [0.05, 0.1) is 0 Å². The van der Waals surface area contributed by atoms with Crippen molar-refractivity contribution in [3.05, 3.63) is 0 Å². The van der Waals surface area contributed by atoms with Crippen LogP contribution in [0.2, 0.25) is 0 Å². The lowest BCUT2D eigenvalue weighted by atomic mass is 9.84. The summed E-state index contributed by atoms with van der Waals surface area (Å²) in [6.45, 7) is 13.4. The summed E-state index contributed by atoms with van der Waals surface area (Å²) in [5.74, 6) is 0.908. The van der Waals surface area contributed by atoms with E-state index >= 15 is 0 Å². The Morgan fingerprint density at radius 2 is 2.08 bits per heavy atom. The number of nitrogens with zero attached hydrogens (tertiary/aromatic N) is 1. The smallest absolute Gasteiger partial charge is 0.145 e. The molecule has 0 N–H and O–H groups in total. The van der Waals surface area contributed by atoms with E-state index in [0.717, 1.165) is 5.92 Å². The van der Waals surface area contributed by atoms with Gasteiger partial charge in [-0.2, -0.15) is 0 Å². The average Bonchev–Trinajstić information content (AvgIpc) is 2.00. The Kier molecular flexibility index (Phi) is 3.52. The second-order valence-electron chi connectivity index (χ2n) is 5.68. The van der Waals surface area contributed by atoms with E-state index in [2.05, 4.69) is 32.1 Å². The molecule has 0 aliphatic carbocycles. The van der Waals surface area contributed by atoms with Crippen molar-refractivity contribution in [3.8, 4) is 0 Å². The standard InChI is InChI=1S/C12H24N/c1-12(2,3)8-7-11-6-5-9-13(4)10-11/h11H,4-10H2,1-3H3/q+1. The van der Waals surface area contributed by atoms with Crippen LogP contribution >= 0.6 is 0 Å². The van der Waals surface area contributed by atoms with Crippen molar-refractivity contribution in [2.24, 2.45) is 11.3 Å². The van der Waals surface area contributed by atoms with Gasteiger partial charge >= 0.3 is 0 Å². The van der Waals surface area contributed by atoms with Crippen LogP contribution in [0.4, 0.5) is 0 Å². The maximum Gasteiger partial charge on any atom is 0.145 e. The largest absolute Gasteiger partial charge is 0.242 e. The van der Waals surface area contributed by atoms with Crippen molar-refractivity contribution in [2.75, 3.05) is 13.1 Å². The lowest BCUT2D eigenvalue weighted by molar-refractivity contribution is -0.537. The molecule has 13 heavy (non-hydrogen) atoms. The lowest BCUT2D eigenvalue weighted by Gasteiger charge is -2.24. The molecule has 1 unspecified atom stereocenters. The fourth-order valence-electron chi connectivity index (χ4n) is 2.02. The third-order valence-electron chi connectivity index (χ3n) is 2.91. The van der Waals surface area contributed by atoms with Crippen molar-refractivity contribution in [3.63, 3.8) is 0 Å². The van der Waals surface area contributed by atoms with E-state index in [1.54, 1.807) is 0 Å². The van der Waals surface area contributed by atoms with Crippen LogP contribution < -0.4 is 0 Å². The van der Waals surface area contributed by atoms with Crippen LogP contribution in [0.3, 0.4) is 0 Å². The van der Waals surface area contributed by atoms with E-state index < -0.39 is 0 Å². The fourth-order valence-corrected chi connectivity index (χ4v) is 2.02. The van der Waals surface area contributed by atoms with Gasteiger partial charge in [0.15, 0.2) is 0 Å².